The maximum absolute atomic E-state index is 12.4. The van der Waals surface area contributed by atoms with Gasteiger partial charge in [-0.25, -0.2) is 4.98 Å². The molecule has 1 amide bonds. The van der Waals surface area contributed by atoms with E-state index >= 15 is 0 Å². The van der Waals surface area contributed by atoms with Gasteiger partial charge in [-0.1, -0.05) is 30.3 Å². The van der Waals surface area contributed by atoms with Crippen LogP contribution in [0.2, 0.25) is 0 Å². The quantitative estimate of drug-likeness (QED) is 0.888. The lowest BCUT2D eigenvalue weighted by Crippen LogP contribution is -2.33. The highest BCUT2D eigenvalue weighted by atomic mass is 35.5. The average molecular weight is 326 g/mol. The molecule has 4 nitrogen and oxygen atoms in total. The highest BCUT2D eigenvalue weighted by Crippen LogP contribution is 2.12. The number of thiazole rings is 1. The number of nitrogens with two attached hydrogens (primary N) is 1. The number of aromatic nitrogens is 1. The van der Waals surface area contributed by atoms with E-state index in [1.54, 1.807) is 5.38 Å². The molecule has 0 unspecified atom stereocenters. The SMILES string of the molecule is CCN(CCc1ccccc1)C(=O)c1csc(CN)n1.Cl. The van der Waals surface area contributed by atoms with Crippen molar-refractivity contribution in [2.75, 3.05) is 13.1 Å². The van der Waals surface area contributed by atoms with Crippen LogP contribution < -0.4 is 5.73 Å². The molecular formula is C15H20ClN3OS. The normalized spacial score (nSPS) is 10.0. The molecule has 2 N–H and O–H groups in total. The third kappa shape index (κ3) is 4.81. The molecule has 2 rings (SSSR count). The van der Waals surface area contributed by atoms with E-state index in [1.807, 2.05) is 30.0 Å². The van der Waals surface area contributed by atoms with Crippen LogP contribution in [0.5, 0.6) is 0 Å². The lowest BCUT2D eigenvalue weighted by atomic mass is 10.1. The Morgan fingerprint density at radius 2 is 2.05 bits per heavy atom. The predicted octanol–water partition coefficient (Wildman–Crippen LogP) is 2.73. The fraction of sp³-hybridized carbons (Fsp3) is 0.333. The van der Waals surface area contributed by atoms with Crippen molar-refractivity contribution in [1.82, 2.24) is 9.88 Å². The van der Waals surface area contributed by atoms with Crippen LogP contribution in [-0.4, -0.2) is 28.9 Å². The summed E-state index contributed by atoms with van der Waals surface area (Å²) in [6.07, 6.45) is 0.855. The smallest absolute Gasteiger partial charge is 0.273 e. The zero-order chi connectivity index (χ0) is 14.4. The molecule has 0 aliphatic heterocycles. The molecule has 0 saturated carbocycles. The number of rotatable bonds is 6. The largest absolute Gasteiger partial charge is 0.337 e. The van der Waals surface area contributed by atoms with E-state index in [1.165, 1.54) is 16.9 Å². The van der Waals surface area contributed by atoms with Gasteiger partial charge >= 0.3 is 0 Å². The molecule has 1 heterocycles. The maximum Gasteiger partial charge on any atom is 0.273 e. The van der Waals surface area contributed by atoms with Gasteiger partial charge in [-0.2, -0.15) is 0 Å². The van der Waals surface area contributed by atoms with E-state index in [0.29, 0.717) is 25.3 Å². The predicted molar refractivity (Wildman–Crippen MR) is 89.0 cm³/mol. The molecule has 0 bridgehead atoms. The number of nitrogens with zero attached hydrogens (tertiary/aromatic N) is 2. The molecule has 0 aliphatic carbocycles. The minimum atomic E-state index is -0.0145. The van der Waals surface area contributed by atoms with Crippen LogP contribution in [-0.2, 0) is 13.0 Å². The third-order valence-electron chi connectivity index (χ3n) is 3.13. The molecule has 0 saturated heterocycles. The zero-order valence-corrected chi connectivity index (χ0v) is 13.6. The van der Waals surface area contributed by atoms with Crippen molar-refractivity contribution in [3.8, 4) is 0 Å². The number of carbonyl (C=O) groups is 1. The van der Waals surface area contributed by atoms with E-state index in [4.69, 9.17) is 5.73 Å². The van der Waals surface area contributed by atoms with Crippen LogP contribution in [0.3, 0.4) is 0 Å². The summed E-state index contributed by atoms with van der Waals surface area (Å²) in [4.78, 5) is 18.4. The van der Waals surface area contributed by atoms with Crippen molar-refractivity contribution in [2.24, 2.45) is 5.73 Å². The molecular weight excluding hydrogens is 306 g/mol. The van der Waals surface area contributed by atoms with E-state index in [9.17, 15) is 4.79 Å². The van der Waals surface area contributed by atoms with Crippen LogP contribution in [0.4, 0.5) is 0 Å². The number of hydrogen-bond acceptors (Lipinski definition) is 4. The first kappa shape index (κ1) is 17.6. The lowest BCUT2D eigenvalue weighted by Gasteiger charge is -2.19. The Morgan fingerprint density at radius 1 is 1.33 bits per heavy atom. The van der Waals surface area contributed by atoms with Crippen molar-refractivity contribution in [3.05, 3.63) is 52.0 Å². The number of benzene rings is 1. The molecule has 0 radical (unpaired) electrons. The number of hydrogen-bond donors (Lipinski definition) is 1. The Labute approximate surface area is 135 Å². The highest BCUT2D eigenvalue weighted by molar-refractivity contribution is 7.09. The minimum Gasteiger partial charge on any atom is -0.337 e. The fourth-order valence-electron chi connectivity index (χ4n) is 1.98. The number of likely N-dealkylation sites (N-methyl/N-ethyl adjacent to an activating group) is 1. The van der Waals surface area contributed by atoms with Crippen LogP contribution in [0.1, 0.15) is 28.0 Å². The van der Waals surface area contributed by atoms with Crippen LogP contribution in [0.25, 0.3) is 0 Å². The number of amides is 1. The van der Waals surface area contributed by atoms with Gasteiger partial charge in [0.15, 0.2) is 0 Å². The second-order valence-electron chi connectivity index (χ2n) is 4.45. The summed E-state index contributed by atoms with van der Waals surface area (Å²) in [6, 6.07) is 10.2. The van der Waals surface area contributed by atoms with E-state index in [-0.39, 0.29) is 18.3 Å². The number of carbonyl (C=O) groups excluding carboxylic acids is 1. The Hall–Kier alpha value is -1.43. The van der Waals surface area contributed by atoms with E-state index < -0.39 is 0 Å². The van der Waals surface area contributed by atoms with Crippen molar-refractivity contribution in [1.29, 1.82) is 0 Å². The van der Waals surface area contributed by atoms with Gasteiger partial charge in [0.2, 0.25) is 0 Å². The monoisotopic (exact) mass is 325 g/mol. The summed E-state index contributed by atoms with van der Waals surface area (Å²) < 4.78 is 0. The van der Waals surface area contributed by atoms with Crippen molar-refractivity contribution in [3.63, 3.8) is 0 Å². The van der Waals surface area contributed by atoms with Gasteiger partial charge < -0.3 is 10.6 Å². The molecule has 0 spiro atoms. The van der Waals surface area contributed by atoms with Crippen molar-refractivity contribution in [2.45, 2.75) is 19.9 Å². The van der Waals surface area contributed by atoms with E-state index in [2.05, 4.69) is 17.1 Å². The van der Waals surface area contributed by atoms with Crippen LogP contribution >= 0.6 is 23.7 Å². The standard InChI is InChI=1S/C15H19N3OS.ClH/c1-2-18(9-8-12-6-4-3-5-7-12)15(19)13-11-20-14(10-16)17-13;/h3-7,11H,2,8-10,16H2,1H3;1H. The first-order chi connectivity index (χ1) is 9.74. The number of halogens is 1. The Kier molecular flexibility index (Phi) is 7.36. The molecule has 6 heteroatoms. The first-order valence-corrected chi connectivity index (χ1v) is 7.60. The Morgan fingerprint density at radius 3 is 2.62 bits per heavy atom. The fourth-order valence-corrected chi connectivity index (χ4v) is 2.63. The molecule has 0 atom stereocenters. The Balaban J connectivity index is 0.00000220. The topological polar surface area (TPSA) is 59.2 Å². The summed E-state index contributed by atoms with van der Waals surface area (Å²) >= 11 is 1.44. The molecule has 114 valence electrons. The molecule has 0 fully saturated rings. The van der Waals surface area contributed by atoms with Crippen LogP contribution in [0.15, 0.2) is 35.7 Å². The molecule has 21 heavy (non-hydrogen) atoms. The van der Waals surface area contributed by atoms with Crippen molar-refractivity contribution >= 4 is 29.7 Å². The Bertz CT molecular complexity index is 559. The molecule has 1 aromatic carbocycles. The average Bonchev–Trinajstić information content (AvgIpc) is 2.97. The van der Waals surface area contributed by atoms with E-state index in [0.717, 1.165) is 11.4 Å². The van der Waals surface area contributed by atoms with Crippen LogP contribution in [0, 0.1) is 0 Å². The second-order valence-corrected chi connectivity index (χ2v) is 5.39. The third-order valence-corrected chi connectivity index (χ3v) is 4.00. The van der Waals surface area contributed by atoms with Gasteiger partial charge in [0, 0.05) is 25.0 Å². The molecule has 2 aromatic rings. The summed E-state index contributed by atoms with van der Waals surface area (Å²) in [6.45, 7) is 3.75. The summed E-state index contributed by atoms with van der Waals surface area (Å²) in [5.74, 6) is -0.0145. The van der Waals surface area contributed by atoms with Gasteiger partial charge in [0.05, 0.1) is 0 Å². The van der Waals surface area contributed by atoms with Gasteiger partial charge in [-0.05, 0) is 18.9 Å². The molecule has 0 aliphatic rings. The van der Waals surface area contributed by atoms with Gasteiger partial charge in [0.25, 0.3) is 5.91 Å². The summed E-state index contributed by atoms with van der Waals surface area (Å²) in [5, 5.41) is 2.59. The second kappa shape index (κ2) is 8.77. The van der Waals surface area contributed by atoms with Crippen molar-refractivity contribution < 1.29 is 4.79 Å². The summed E-state index contributed by atoms with van der Waals surface area (Å²) in [5.41, 5.74) is 7.27. The minimum absolute atomic E-state index is 0. The maximum atomic E-state index is 12.4. The van der Waals surface area contributed by atoms with Gasteiger partial charge in [0.1, 0.15) is 10.7 Å². The zero-order valence-electron chi connectivity index (χ0n) is 12.0. The molecule has 1 aromatic heterocycles. The van der Waals surface area contributed by atoms with Gasteiger partial charge in [-0.15, -0.1) is 23.7 Å². The highest BCUT2D eigenvalue weighted by Gasteiger charge is 2.16. The first-order valence-electron chi connectivity index (χ1n) is 6.72. The summed E-state index contributed by atoms with van der Waals surface area (Å²) in [7, 11) is 0. The lowest BCUT2D eigenvalue weighted by molar-refractivity contribution is 0.0761. The van der Waals surface area contributed by atoms with Gasteiger partial charge in [-0.3, -0.25) is 4.79 Å².